The van der Waals surface area contributed by atoms with Crippen LogP contribution < -0.4 is 20.3 Å². The molecule has 3 saturated heterocycles. The smallest absolute Gasteiger partial charge is 0.324 e. The average molecular weight is 906 g/mol. The molecule has 6 aromatic carbocycles. The summed E-state index contributed by atoms with van der Waals surface area (Å²) in [5, 5.41) is 25.0. The van der Waals surface area contributed by atoms with Crippen LogP contribution in [0.1, 0.15) is 46.0 Å². The van der Waals surface area contributed by atoms with Gasteiger partial charge in [-0.2, -0.15) is 0 Å². The van der Waals surface area contributed by atoms with Crippen LogP contribution in [0.4, 0.5) is 17.1 Å². The van der Waals surface area contributed by atoms with Crippen LogP contribution in [0.25, 0.3) is 11.0 Å². The van der Waals surface area contributed by atoms with Crippen LogP contribution in [0.15, 0.2) is 152 Å². The van der Waals surface area contributed by atoms with Gasteiger partial charge in [-0.1, -0.05) is 108 Å². The highest BCUT2D eigenvalue weighted by Crippen LogP contribution is 2.65. The number of rotatable bonds is 10. The highest BCUT2D eigenvalue weighted by molar-refractivity contribution is 6.13. The molecular formula is C54H47N7O7. The molecule has 0 aliphatic carbocycles. The summed E-state index contributed by atoms with van der Waals surface area (Å²) in [7, 11) is 0. The lowest BCUT2D eigenvalue weighted by atomic mass is 9.65. The molecule has 0 bridgehead atoms. The largest absolute Gasteiger partial charge is 0.491 e. The number of fused-ring (bicyclic) bond motifs is 4. The summed E-state index contributed by atoms with van der Waals surface area (Å²) >= 11 is 0. The first-order valence-electron chi connectivity index (χ1n) is 22.8. The lowest BCUT2D eigenvalue weighted by Gasteiger charge is -2.46. The zero-order valence-electron chi connectivity index (χ0n) is 36.9. The summed E-state index contributed by atoms with van der Waals surface area (Å²) < 4.78 is 20.2. The molecule has 68 heavy (non-hydrogen) atoms. The normalized spacial score (nSPS) is 23.0. The Balaban J connectivity index is 1.12. The van der Waals surface area contributed by atoms with Crippen molar-refractivity contribution in [2.75, 3.05) is 55.1 Å². The van der Waals surface area contributed by atoms with Crippen molar-refractivity contribution in [1.29, 1.82) is 0 Å². The number of hydrogen-bond acceptors (Lipinski definition) is 11. The van der Waals surface area contributed by atoms with E-state index in [1.54, 1.807) is 16.8 Å². The molecule has 3 N–H and O–H groups in total. The average Bonchev–Trinajstić information content (AvgIpc) is 4.04. The Morgan fingerprint density at radius 2 is 1.56 bits per heavy atom. The molecule has 14 heteroatoms. The topological polar surface area (TPSA) is 160 Å². The molecule has 14 nitrogen and oxygen atoms in total. The van der Waals surface area contributed by atoms with Gasteiger partial charge in [-0.3, -0.25) is 19.3 Å². The Kier molecular flexibility index (Phi) is 11.4. The van der Waals surface area contributed by atoms with Crippen molar-refractivity contribution in [3.8, 4) is 17.6 Å². The second kappa shape index (κ2) is 18.1. The molecule has 1 spiro atoms. The van der Waals surface area contributed by atoms with Gasteiger partial charge in [0.15, 0.2) is 0 Å². The monoisotopic (exact) mass is 905 g/mol. The van der Waals surface area contributed by atoms with Crippen molar-refractivity contribution >= 4 is 45.9 Å². The lowest BCUT2D eigenvalue weighted by molar-refractivity contribution is -0.177. The summed E-state index contributed by atoms with van der Waals surface area (Å²) in [6.45, 7) is 2.67. The first-order chi connectivity index (χ1) is 33.4. The van der Waals surface area contributed by atoms with E-state index in [1.165, 1.54) is 0 Å². The number of esters is 1. The maximum absolute atomic E-state index is 15.8. The molecule has 340 valence electrons. The summed E-state index contributed by atoms with van der Waals surface area (Å²) in [6, 6.07) is 44.3. The van der Waals surface area contributed by atoms with Gasteiger partial charge in [0.2, 0.25) is 11.8 Å². The number of hydrogen-bond donors (Lipinski definition) is 3. The Labute approximate surface area is 392 Å². The van der Waals surface area contributed by atoms with Gasteiger partial charge in [0, 0.05) is 41.3 Å². The molecule has 6 atom stereocenters. The number of cyclic esters (lactones) is 1. The van der Waals surface area contributed by atoms with Crippen LogP contribution in [-0.4, -0.2) is 88.3 Å². The fraction of sp³-hybridized carbons (Fsp3) is 0.241. The quantitative estimate of drug-likeness (QED) is 0.100. The third-order valence-electron chi connectivity index (χ3n) is 13.5. The Morgan fingerprint density at radius 3 is 2.34 bits per heavy atom. The number of morpholine rings is 2. The van der Waals surface area contributed by atoms with Crippen molar-refractivity contribution in [2.24, 2.45) is 5.92 Å². The minimum atomic E-state index is -1.80. The van der Waals surface area contributed by atoms with Crippen molar-refractivity contribution < 1.29 is 33.7 Å². The summed E-state index contributed by atoms with van der Waals surface area (Å²) in [6.07, 6.45) is -0.851. The molecular weight excluding hydrogens is 859 g/mol. The molecule has 0 radical (unpaired) electrons. The molecule has 6 unspecified atom stereocenters. The standard InChI is InChI=1S/C54H47N7O7/c62-30-33-67-45-20-10-7-17-40(45)50-54(41-34-35(21-26-42(41)56-53(54)65)12-11-27-60-44-19-9-8-18-43(44)57-58-60)46(51(63)55-38-22-24-39(25-23-38)59-28-31-66-32-29-59)48-52(64)68-49(37-15-5-2-6-16-37)47(61(48)50)36-13-3-1-4-14-36/h1-10,13-26,34,46-50,62H,27-33H2,(H,55,63)(H,56,65). The van der Waals surface area contributed by atoms with E-state index in [9.17, 15) is 5.11 Å². The van der Waals surface area contributed by atoms with Gasteiger partial charge < -0.3 is 34.9 Å². The van der Waals surface area contributed by atoms with Gasteiger partial charge in [-0.25, -0.2) is 4.68 Å². The predicted octanol–water partition coefficient (Wildman–Crippen LogP) is 6.60. The van der Waals surface area contributed by atoms with Gasteiger partial charge in [0.1, 0.15) is 42.0 Å². The molecule has 4 aliphatic rings. The molecule has 7 aromatic rings. The number of ether oxygens (including phenoxy) is 3. The lowest BCUT2D eigenvalue weighted by Crippen LogP contribution is -2.53. The maximum Gasteiger partial charge on any atom is 0.324 e. The van der Waals surface area contributed by atoms with E-state index < -0.39 is 53.3 Å². The van der Waals surface area contributed by atoms with Crippen molar-refractivity contribution in [2.45, 2.75) is 36.2 Å². The third-order valence-corrected chi connectivity index (χ3v) is 13.5. The Morgan fingerprint density at radius 1 is 0.838 bits per heavy atom. The number of carbonyl (C=O) groups is 3. The first-order valence-corrected chi connectivity index (χ1v) is 22.8. The Hall–Kier alpha value is -7.83. The van der Waals surface area contributed by atoms with Gasteiger partial charge in [-0.15, -0.1) is 5.10 Å². The van der Waals surface area contributed by atoms with E-state index in [1.807, 2.05) is 144 Å². The number of aliphatic hydroxyl groups is 1. The molecule has 4 aliphatic heterocycles. The van der Waals surface area contributed by atoms with E-state index in [0.717, 1.165) is 40.9 Å². The van der Waals surface area contributed by atoms with E-state index in [0.29, 0.717) is 47.0 Å². The minimum Gasteiger partial charge on any atom is -0.491 e. The highest BCUT2D eigenvalue weighted by Gasteiger charge is 2.74. The zero-order chi connectivity index (χ0) is 46.2. The number of aromatic nitrogens is 3. The second-order valence-electron chi connectivity index (χ2n) is 17.3. The van der Waals surface area contributed by atoms with E-state index in [4.69, 9.17) is 14.2 Å². The fourth-order valence-electron chi connectivity index (χ4n) is 10.7. The van der Waals surface area contributed by atoms with Gasteiger partial charge in [0.25, 0.3) is 0 Å². The Bertz CT molecular complexity index is 3080. The van der Waals surface area contributed by atoms with Crippen molar-refractivity contribution in [3.63, 3.8) is 0 Å². The van der Waals surface area contributed by atoms with Crippen LogP contribution in [0.2, 0.25) is 0 Å². The number of benzene rings is 6. The number of aliphatic hydroxyl groups excluding tert-OH is 1. The van der Waals surface area contributed by atoms with Crippen LogP contribution in [0.5, 0.6) is 5.75 Å². The summed E-state index contributed by atoms with van der Waals surface area (Å²) in [5.74, 6) is 3.89. The number of nitrogens with one attached hydrogen (secondary N) is 2. The van der Waals surface area contributed by atoms with E-state index in [2.05, 4.69) is 37.7 Å². The van der Waals surface area contributed by atoms with Crippen LogP contribution in [0, 0.1) is 17.8 Å². The molecule has 2 amide bonds. The van der Waals surface area contributed by atoms with Gasteiger partial charge in [0.05, 0.1) is 43.3 Å². The third kappa shape index (κ3) is 7.41. The van der Waals surface area contributed by atoms with Crippen LogP contribution >= 0.6 is 0 Å². The molecule has 5 heterocycles. The predicted molar refractivity (Wildman–Crippen MR) is 255 cm³/mol. The molecule has 11 rings (SSSR count). The number of amides is 2. The zero-order valence-corrected chi connectivity index (χ0v) is 36.9. The number of nitrogens with zero attached hydrogens (tertiary/aromatic N) is 5. The molecule has 0 saturated carbocycles. The van der Waals surface area contributed by atoms with Crippen LogP contribution in [-0.2, 0) is 35.8 Å². The minimum absolute atomic E-state index is 0.0368. The van der Waals surface area contributed by atoms with E-state index in [-0.39, 0.29) is 19.8 Å². The van der Waals surface area contributed by atoms with Crippen molar-refractivity contribution in [3.05, 3.63) is 179 Å². The summed E-state index contributed by atoms with van der Waals surface area (Å²) in [4.78, 5) is 51.1. The molecule has 3 fully saturated rings. The van der Waals surface area contributed by atoms with E-state index >= 15 is 14.4 Å². The number of anilines is 3. The maximum atomic E-state index is 15.8. The van der Waals surface area contributed by atoms with Crippen LogP contribution in [0.3, 0.4) is 0 Å². The number of carbonyl (C=O) groups excluding carboxylic acids is 3. The SMILES string of the molecule is O=C1OC(c2ccccc2)C(c2ccccc2)N2C1C(C(=O)Nc1ccc(N3CCOCC3)cc1)C1(C(=O)Nc3ccc(C#CCn4nnc5ccccc54)cc31)C2c1ccccc1OCCO. The second-order valence-corrected chi connectivity index (χ2v) is 17.3. The van der Waals surface area contributed by atoms with Gasteiger partial charge >= 0.3 is 5.97 Å². The van der Waals surface area contributed by atoms with Gasteiger partial charge in [-0.05, 0) is 77.4 Å². The fourth-order valence-corrected chi connectivity index (χ4v) is 10.7. The summed E-state index contributed by atoms with van der Waals surface area (Å²) in [5.41, 5.74) is 4.95. The molecule has 1 aromatic heterocycles. The highest BCUT2D eigenvalue weighted by atomic mass is 16.6. The van der Waals surface area contributed by atoms with Crippen molar-refractivity contribution in [1.82, 2.24) is 19.9 Å². The number of para-hydroxylation sites is 2. The first kappa shape index (κ1) is 42.8.